The highest BCUT2D eigenvalue weighted by atomic mass is 19.1. The van der Waals surface area contributed by atoms with Gasteiger partial charge in [0.15, 0.2) is 0 Å². The lowest BCUT2D eigenvalue weighted by Crippen LogP contribution is -2.41. The summed E-state index contributed by atoms with van der Waals surface area (Å²) in [5.41, 5.74) is -0.365. The van der Waals surface area contributed by atoms with Crippen LogP contribution in [0.25, 0.3) is 0 Å². The Labute approximate surface area is 137 Å². The second-order valence-electron chi connectivity index (χ2n) is 7.08. The normalized spacial score (nSPS) is 19.0. The predicted octanol–water partition coefficient (Wildman–Crippen LogP) is 2.65. The van der Waals surface area contributed by atoms with E-state index in [1.165, 1.54) is 6.07 Å². The van der Waals surface area contributed by atoms with Gasteiger partial charge in [-0.1, -0.05) is 6.07 Å². The first-order chi connectivity index (χ1) is 10.5. The summed E-state index contributed by atoms with van der Waals surface area (Å²) in [7, 11) is -0.765. The van der Waals surface area contributed by atoms with Crippen molar-refractivity contribution in [3.8, 4) is 0 Å². The highest BCUT2D eigenvalue weighted by molar-refractivity contribution is 6.62. The number of carbonyl (C=O) groups excluding carboxylic acids is 1. The van der Waals surface area contributed by atoms with Crippen LogP contribution in [0.5, 0.6) is 0 Å². The Morgan fingerprint density at radius 1 is 1.17 bits per heavy atom. The van der Waals surface area contributed by atoms with Crippen molar-refractivity contribution >= 4 is 24.3 Å². The molecule has 2 rings (SSSR count). The van der Waals surface area contributed by atoms with Crippen LogP contribution in [-0.2, 0) is 9.31 Å². The van der Waals surface area contributed by atoms with Crippen molar-refractivity contribution in [1.29, 1.82) is 0 Å². The zero-order valence-corrected chi connectivity index (χ0v) is 14.5. The summed E-state index contributed by atoms with van der Waals surface area (Å²) in [4.78, 5) is 11.7. The third-order valence-corrected chi connectivity index (χ3v) is 4.19. The summed E-state index contributed by atoms with van der Waals surface area (Å²) < 4.78 is 26.1. The number of hydrogen-bond acceptors (Lipinski definition) is 3. The number of benzene rings is 1. The Kier molecular flexibility index (Phi) is 4.73. The van der Waals surface area contributed by atoms with Crippen LogP contribution in [0.3, 0.4) is 0 Å². The summed E-state index contributed by atoms with van der Waals surface area (Å²) in [5, 5.41) is 5.27. The van der Waals surface area contributed by atoms with E-state index in [-0.39, 0.29) is 12.1 Å². The summed E-state index contributed by atoms with van der Waals surface area (Å²) in [6.07, 6.45) is 0. The second-order valence-corrected chi connectivity index (χ2v) is 7.08. The highest BCUT2D eigenvalue weighted by Crippen LogP contribution is 2.36. The average molecular weight is 322 g/mol. The molecule has 1 aromatic carbocycles. The molecule has 1 aromatic rings. The second kappa shape index (κ2) is 6.13. The van der Waals surface area contributed by atoms with Gasteiger partial charge in [-0.05, 0) is 53.7 Å². The van der Waals surface area contributed by atoms with Gasteiger partial charge in [0, 0.05) is 17.2 Å². The fourth-order valence-electron chi connectivity index (χ4n) is 2.20. The Morgan fingerprint density at radius 3 is 2.22 bits per heavy atom. The predicted molar refractivity (Wildman–Crippen MR) is 89.4 cm³/mol. The van der Waals surface area contributed by atoms with Gasteiger partial charge >= 0.3 is 13.1 Å². The molecular weight excluding hydrogens is 298 g/mol. The molecule has 0 unspecified atom stereocenters. The highest BCUT2D eigenvalue weighted by Gasteiger charge is 2.52. The van der Waals surface area contributed by atoms with Crippen molar-refractivity contribution in [3.63, 3.8) is 0 Å². The molecule has 0 atom stereocenters. The molecule has 0 radical (unpaired) electrons. The lowest BCUT2D eigenvalue weighted by atomic mass is 9.78. The molecule has 5 nitrogen and oxygen atoms in total. The molecule has 0 aromatic heterocycles. The molecule has 23 heavy (non-hydrogen) atoms. The monoisotopic (exact) mass is 322 g/mol. The summed E-state index contributed by atoms with van der Waals surface area (Å²) in [6.45, 7) is 11.4. The number of carbonyl (C=O) groups is 1. The molecule has 7 heteroatoms. The third-order valence-electron chi connectivity index (χ3n) is 4.19. The maximum absolute atomic E-state index is 14.4. The van der Waals surface area contributed by atoms with Gasteiger partial charge in [-0.2, -0.15) is 0 Å². The maximum Gasteiger partial charge on any atom is 0.497 e. The van der Waals surface area contributed by atoms with Gasteiger partial charge in [-0.3, -0.25) is 0 Å². The summed E-state index contributed by atoms with van der Waals surface area (Å²) in [6, 6.07) is 4.10. The molecule has 1 fully saturated rings. The molecule has 0 spiro atoms. The van der Waals surface area contributed by atoms with Gasteiger partial charge in [-0.15, -0.1) is 0 Å². The van der Waals surface area contributed by atoms with Crippen LogP contribution in [-0.4, -0.2) is 30.4 Å². The minimum absolute atomic E-state index is 0.00358. The summed E-state index contributed by atoms with van der Waals surface area (Å²) >= 11 is 0. The van der Waals surface area contributed by atoms with Gasteiger partial charge in [0.2, 0.25) is 0 Å². The van der Waals surface area contributed by atoms with Crippen molar-refractivity contribution in [1.82, 2.24) is 5.32 Å². The van der Waals surface area contributed by atoms with Gasteiger partial charge < -0.3 is 19.9 Å². The van der Waals surface area contributed by atoms with Crippen LogP contribution in [0, 0.1) is 5.82 Å². The lowest BCUT2D eigenvalue weighted by Gasteiger charge is -2.32. The third kappa shape index (κ3) is 3.84. The fourth-order valence-corrected chi connectivity index (χ4v) is 2.20. The van der Waals surface area contributed by atoms with Crippen LogP contribution < -0.4 is 16.1 Å². The first-order valence-electron chi connectivity index (χ1n) is 7.74. The molecule has 1 heterocycles. The zero-order valence-electron chi connectivity index (χ0n) is 14.5. The molecule has 1 aliphatic heterocycles. The van der Waals surface area contributed by atoms with Crippen LogP contribution in [0.15, 0.2) is 18.2 Å². The van der Waals surface area contributed by atoms with Crippen molar-refractivity contribution in [2.75, 3.05) is 5.32 Å². The van der Waals surface area contributed by atoms with Gasteiger partial charge in [0.1, 0.15) is 5.82 Å². The topological polar surface area (TPSA) is 59.6 Å². The van der Waals surface area contributed by atoms with E-state index < -0.39 is 24.1 Å². The Morgan fingerprint density at radius 2 is 1.74 bits per heavy atom. The largest absolute Gasteiger partial charge is 0.497 e. The zero-order chi connectivity index (χ0) is 17.4. The van der Waals surface area contributed by atoms with Gasteiger partial charge in [-0.25, -0.2) is 9.18 Å². The van der Waals surface area contributed by atoms with Gasteiger partial charge in [0.05, 0.1) is 11.2 Å². The molecule has 1 saturated heterocycles. The quantitative estimate of drug-likeness (QED) is 0.841. The number of urea groups is 1. The first kappa shape index (κ1) is 17.8. The Hall–Kier alpha value is -1.60. The molecule has 0 bridgehead atoms. The molecule has 0 aliphatic carbocycles. The first-order valence-corrected chi connectivity index (χ1v) is 7.74. The molecule has 1 aliphatic rings. The van der Waals surface area contributed by atoms with E-state index in [1.807, 2.05) is 41.5 Å². The molecular formula is C16H24BFN2O3. The average Bonchev–Trinajstić information content (AvgIpc) is 2.56. The van der Waals surface area contributed by atoms with E-state index in [4.69, 9.17) is 9.31 Å². The number of nitrogens with one attached hydrogen (secondary N) is 2. The van der Waals surface area contributed by atoms with Crippen molar-refractivity contribution in [2.45, 2.75) is 58.8 Å². The van der Waals surface area contributed by atoms with E-state index in [1.54, 1.807) is 12.1 Å². The lowest BCUT2D eigenvalue weighted by molar-refractivity contribution is 0.00578. The minimum Gasteiger partial charge on any atom is -0.399 e. The van der Waals surface area contributed by atoms with E-state index in [0.717, 1.165) is 0 Å². The standard InChI is InChI=1S/C16H24BFN2O3/c1-10(2)19-14(21)20-11-7-8-12(13(18)9-11)17-22-15(3,4)16(5,6)23-17/h7-10H,1-6H3,(H2,19,20,21). The molecule has 2 amide bonds. The number of hydrogen-bond donors (Lipinski definition) is 2. The Balaban J connectivity index is 2.13. The van der Waals surface area contributed by atoms with E-state index in [0.29, 0.717) is 11.2 Å². The minimum atomic E-state index is -0.765. The van der Waals surface area contributed by atoms with Crippen molar-refractivity contribution < 1.29 is 18.5 Å². The maximum atomic E-state index is 14.4. The number of anilines is 1. The smallest absolute Gasteiger partial charge is 0.399 e. The van der Waals surface area contributed by atoms with Crippen LogP contribution >= 0.6 is 0 Å². The molecule has 0 saturated carbocycles. The van der Waals surface area contributed by atoms with Crippen LogP contribution in [0.4, 0.5) is 14.9 Å². The van der Waals surface area contributed by atoms with E-state index in [9.17, 15) is 9.18 Å². The van der Waals surface area contributed by atoms with E-state index in [2.05, 4.69) is 10.6 Å². The fraction of sp³-hybridized carbons (Fsp3) is 0.562. The van der Waals surface area contributed by atoms with E-state index >= 15 is 0 Å². The molecule has 126 valence electrons. The van der Waals surface area contributed by atoms with Crippen LogP contribution in [0.1, 0.15) is 41.5 Å². The Bertz CT molecular complexity index is 589. The van der Waals surface area contributed by atoms with Crippen LogP contribution in [0.2, 0.25) is 0 Å². The SMILES string of the molecule is CC(C)NC(=O)Nc1ccc(B2OC(C)(C)C(C)(C)O2)c(F)c1. The number of halogens is 1. The summed E-state index contributed by atoms with van der Waals surface area (Å²) in [5.74, 6) is -0.481. The molecule has 2 N–H and O–H groups in total. The van der Waals surface area contributed by atoms with Crippen molar-refractivity contribution in [2.24, 2.45) is 0 Å². The number of rotatable bonds is 3. The number of amides is 2. The van der Waals surface area contributed by atoms with Crippen molar-refractivity contribution in [3.05, 3.63) is 24.0 Å². The van der Waals surface area contributed by atoms with Gasteiger partial charge in [0.25, 0.3) is 0 Å².